The second kappa shape index (κ2) is 4.81. The SMILES string of the molecule is CC(=O)SCc1ccc(C(=O)O)cc1. The Bertz CT molecular complexity index is 343. The molecule has 0 amide bonds. The Kier molecular flexibility index (Phi) is 3.71. The average Bonchev–Trinajstić information content (AvgIpc) is 2.15. The summed E-state index contributed by atoms with van der Waals surface area (Å²) in [6, 6.07) is 6.52. The van der Waals surface area contributed by atoms with Crippen molar-refractivity contribution in [3.8, 4) is 0 Å². The fraction of sp³-hybridized carbons (Fsp3) is 0.200. The van der Waals surface area contributed by atoms with Crippen molar-refractivity contribution in [2.45, 2.75) is 12.7 Å². The first-order valence-electron chi connectivity index (χ1n) is 4.05. The molecule has 0 fully saturated rings. The number of carboxylic acid groups (broad SMARTS) is 1. The second-order valence-electron chi connectivity index (χ2n) is 2.78. The van der Waals surface area contributed by atoms with E-state index < -0.39 is 5.97 Å². The van der Waals surface area contributed by atoms with Crippen molar-refractivity contribution in [3.05, 3.63) is 35.4 Å². The van der Waals surface area contributed by atoms with Crippen LogP contribution in [0.2, 0.25) is 0 Å². The van der Waals surface area contributed by atoms with Crippen molar-refractivity contribution < 1.29 is 14.7 Å². The molecule has 0 saturated heterocycles. The molecule has 74 valence electrons. The van der Waals surface area contributed by atoms with Crippen LogP contribution in [0.5, 0.6) is 0 Å². The summed E-state index contributed by atoms with van der Waals surface area (Å²) >= 11 is 1.21. The smallest absolute Gasteiger partial charge is 0.335 e. The third-order valence-corrected chi connectivity index (χ3v) is 2.53. The Balaban J connectivity index is 2.64. The van der Waals surface area contributed by atoms with Crippen molar-refractivity contribution in [3.63, 3.8) is 0 Å². The summed E-state index contributed by atoms with van der Waals surface area (Å²) in [6.07, 6.45) is 0. The van der Waals surface area contributed by atoms with Gasteiger partial charge in [-0.2, -0.15) is 0 Å². The highest BCUT2D eigenvalue weighted by Crippen LogP contribution is 2.13. The third kappa shape index (κ3) is 3.22. The molecule has 4 heteroatoms. The molecule has 0 saturated carbocycles. The lowest BCUT2D eigenvalue weighted by molar-refractivity contribution is -0.109. The molecule has 14 heavy (non-hydrogen) atoms. The predicted octanol–water partition coefficient (Wildman–Crippen LogP) is 2.16. The molecule has 0 aromatic heterocycles. The maximum absolute atomic E-state index is 10.7. The van der Waals surface area contributed by atoms with Crippen LogP contribution in [-0.4, -0.2) is 16.2 Å². The van der Waals surface area contributed by atoms with Crippen LogP contribution < -0.4 is 0 Å². The summed E-state index contributed by atoms with van der Waals surface area (Å²) in [7, 11) is 0. The van der Waals surface area contributed by atoms with Gasteiger partial charge in [0.15, 0.2) is 5.12 Å². The molecule has 0 atom stereocenters. The van der Waals surface area contributed by atoms with Crippen LogP contribution in [0.4, 0.5) is 0 Å². The number of rotatable bonds is 3. The van der Waals surface area contributed by atoms with Gasteiger partial charge in [0.05, 0.1) is 5.56 Å². The molecule has 0 radical (unpaired) electrons. The number of carbonyl (C=O) groups is 2. The van der Waals surface area contributed by atoms with E-state index in [0.717, 1.165) is 5.56 Å². The first-order chi connectivity index (χ1) is 6.59. The summed E-state index contributed by atoms with van der Waals surface area (Å²) in [5, 5.41) is 8.70. The van der Waals surface area contributed by atoms with E-state index in [1.165, 1.54) is 18.7 Å². The van der Waals surface area contributed by atoms with Gasteiger partial charge in [0.2, 0.25) is 0 Å². The zero-order chi connectivity index (χ0) is 10.6. The first kappa shape index (κ1) is 10.8. The summed E-state index contributed by atoms with van der Waals surface area (Å²) in [5.41, 5.74) is 1.22. The van der Waals surface area contributed by atoms with Gasteiger partial charge in [-0.05, 0) is 17.7 Å². The minimum atomic E-state index is -0.934. The van der Waals surface area contributed by atoms with Crippen LogP contribution in [0, 0.1) is 0 Å². The van der Waals surface area contributed by atoms with Gasteiger partial charge in [-0.3, -0.25) is 4.79 Å². The molecule has 0 aliphatic carbocycles. The Hall–Kier alpha value is -1.29. The number of benzene rings is 1. The van der Waals surface area contributed by atoms with Crippen LogP contribution in [-0.2, 0) is 10.5 Å². The highest BCUT2D eigenvalue weighted by Gasteiger charge is 2.02. The Morgan fingerprint density at radius 2 is 1.86 bits per heavy atom. The molecule has 1 N–H and O–H groups in total. The van der Waals surface area contributed by atoms with Crippen LogP contribution >= 0.6 is 11.8 Å². The summed E-state index contributed by atoms with van der Waals surface area (Å²) < 4.78 is 0. The maximum Gasteiger partial charge on any atom is 0.335 e. The molecule has 0 heterocycles. The largest absolute Gasteiger partial charge is 0.478 e. The van der Waals surface area contributed by atoms with Gasteiger partial charge in [-0.25, -0.2) is 4.79 Å². The quantitative estimate of drug-likeness (QED) is 0.830. The third-order valence-electron chi connectivity index (χ3n) is 1.64. The number of carboxylic acids is 1. The molecular weight excluding hydrogens is 200 g/mol. The van der Waals surface area contributed by atoms with E-state index in [1.807, 2.05) is 0 Å². The number of carbonyl (C=O) groups excluding carboxylic acids is 1. The fourth-order valence-electron chi connectivity index (χ4n) is 0.929. The summed E-state index contributed by atoms with van der Waals surface area (Å²) in [5.74, 6) is -0.342. The van der Waals surface area contributed by atoms with Gasteiger partial charge in [0.1, 0.15) is 0 Å². The predicted molar refractivity (Wildman–Crippen MR) is 55.4 cm³/mol. The molecule has 1 rings (SSSR count). The van der Waals surface area contributed by atoms with E-state index in [-0.39, 0.29) is 10.7 Å². The lowest BCUT2D eigenvalue weighted by atomic mass is 10.1. The van der Waals surface area contributed by atoms with Crippen LogP contribution in [0.15, 0.2) is 24.3 Å². The van der Waals surface area contributed by atoms with Crippen LogP contribution in [0.25, 0.3) is 0 Å². The number of thioether (sulfide) groups is 1. The van der Waals surface area contributed by atoms with E-state index in [2.05, 4.69) is 0 Å². The van der Waals surface area contributed by atoms with Crippen molar-refractivity contribution in [2.75, 3.05) is 0 Å². The van der Waals surface area contributed by atoms with Gasteiger partial charge < -0.3 is 5.11 Å². The van der Waals surface area contributed by atoms with Gasteiger partial charge >= 0.3 is 5.97 Å². The van der Waals surface area contributed by atoms with E-state index in [4.69, 9.17) is 5.11 Å². The number of hydrogen-bond donors (Lipinski definition) is 1. The molecule has 1 aromatic rings. The average molecular weight is 210 g/mol. The molecule has 0 bridgehead atoms. The molecule has 3 nitrogen and oxygen atoms in total. The first-order valence-corrected chi connectivity index (χ1v) is 5.04. The van der Waals surface area contributed by atoms with Crippen molar-refractivity contribution in [2.24, 2.45) is 0 Å². The second-order valence-corrected chi connectivity index (χ2v) is 3.93. The molecular formula is C10H10O3S. The highest BCUT2D eigenvalue weighted by atomic mass is 32.2. The molecule has 0 unspecified atom stereocenters. The van der Waals surface area contributed by atoms with Crippen molar-refractivity contribution >= 4 is 22.8 Å². The zero-order valence-electron chi connectivity index (χ0n) is 7.69. The van der Waals surface area contributed by atoms with E-state index in [1.54, 1.807) is 24.3 Å². The normalized spacial score (nSPS) is 9.79. The lowest BCUT2D eigenvalue weighted by Crippen LogP contribution is -1.95. The highest BCUT2D eigenvalue weighted by molar-refractivity contribution is 8.12. The summed E-state index contributed by atoms with van der Waals surface area (Å²) in [4.78, 5) is 21.2. The van der Waals surface area contributed by atoms with E-state index in [9.17, 15) is 9.59 Å². The van der Waals surface area contributed by atoms with E-state index >= 15 is 0 Å². The van der Waals surface area contributed by atoms with Crippen LogP contribution in [0.3, 0.4) is 0 Å². The Labute approximate surface area is 86.1 Å². The van der Waals surface area contributed by atoms with Gasteiger partial charge in [0, 0.05) is 12.7 Å². The maximum atomic E-state index is 10.7. The molecule has 0 aliphatic rings. The lowest BCUT2D eigenvalue weighted by Gasteiger charge is -1.99. The number of hydrogen-bond acceptors (Lipinski definition) is 3. The van der Waals surface area contributed by atoms with Gasteiger partial charge in [-0.1, -0.05) is 23.9 Å². The van der Waals surface area contributed by atoms with Crippen molar-refractivity contribution in [1.82, 2.24) is 0 Å². The molecule has 0 aliphatic heterocycles. The van der Waals surface area contributed by atoms with Gasteiger partial charge in [-0.15, -0.1) is 0 Å². The van der Waals surface area contributed by atoms with Crippen molar-refractivity contribution in [1.29, 1.82) is 0 Å². The number of aromatic carboxylic acids is 1. The fourth-order valence-corrected chi connectivity index (χ4v) is 1.49. The standard InChI is InChI=1S/C10H10O3S/c1-7(11)14-6-8-2-4-9(5-3-8)10(12)13/h2-5H,6H2,1H3,(H,12,13). The molecule has 0 spiro atoms. The minimum absolute atomic E-state index is 0.0623. The Morgan fingerprint density at radius 3 is 2.29 bits per heavy atom. The monoisotopic (exact) mass is 210 g/mol. The summed E-state index contributed by atoms with van der Waals surface area (Å²) in [6.45, 7) is 1.51. The van der Waals surface area contributed by atoms with Crippen LogP contribution in [0.1, 0.15) is 22.8 Å². The Morgan fingerprint density at radius 1 is 1.29 bits per heavy atom. The topological polar surface area (TPSA) is 54.4 Å². The van der Waals surface area contributed by atoms with Gasteiger partial charge in [0.25, 0.3) is 0 Å². The minimum Gasteiger partial charge on any atom is -0.478 e. The zero-order valence-corrected chi connectivity index (χ0v) is 8.50. The van der Waals surface area contributed by atoms with E-state index in [0.29, 0.717) is 5.75 Å². The molecule has 1 aromatic carbocycles.